The highest BCUT2D eigenvalue weighted by Crippen LogP contribution is 2.29. The number of carbonyl (C=O) groups excluding carboxylic acids is 1. The summed E-state index contributed by atoms with van der Waals surface area (Å²) in [6.07, 6.45) is 3.27. The molecule has 1 rings (SSSR count). The summed E-state index contributed by atoms with van der Waals surface area (Å²) in [6.45, 7) is 5.76. The van der Waals surface area contributed by atoms with Crippen molar-refractivity contribution < 1.29 is 14.7 Å². The van der Waals surface area contributed by atoms with Crippen LogP contribution in [-0.2, 0) is 9.59 Å². The van der Waals surface area contributed by atoms with Gasteiger partial charge in [0.1, 0.15) is 0 Å². The van der Waals surface area contributed by atoms with Crippen molar-refractivity contribution in [3.63, 3.8) is 0 Å². The maximum atomic E-state index is 11.7. The van der Waals surface area contributed by atoms with Crippen LogP contribution in [0.1, 0.15) is 33.1 Å². The van der Waals surface area contributed by atoms with Gasteiger partial charge < -0.3 is 10.4 Å². The molecule has 0 spiro atoms. The first-order chi connectivity index (χ1) is 8.47. The van der Waals surface area contributed by atoms with Gasteiger partial charge in [0.15, 0.2) is 0 Å². The van der Waals surface area contributed by atoms with E-state index in [4.69, 9.17) is 5.11 Å². The van der Waals surface area contributed by atoms with Crippen molar-refractivity contribution in [2.75, 3.05) is 26.2 Å². The van der Waals surface area contributed by atoms with E-state index in [0.29, 0.717) is 18.4 Å². The fraction of sp³-hybridized carbons (Fsp3) is 0.846. The Morgan fingerprint density at radius 1 is 1.33 bits per heavy atom. The maximum absolute atomic E-state index is 11.7. The number of nitrogens with one attached hydrogen (secondary N) is 1. The van der Waals surface area contributed by atoms with Crippen LogP contribution in [0.3, 0.4) is 0 Å². The SMILES string of the molecule is CC(C)CCNC(=O)CN(CC(=O)O)CC1CC1. The molecule has 1 saturated carbocycles. The molecule has 0 saturated heterocycles. The van der Waals surface area contributed by atoms with Gasteiger partial charge in [-0.2, -0.15) is 0 Å². The lowest BCUT2D eigenvalue weighted by Gasteiger charge is -2.19. The minimum Gasteiger partial charge on any atom is -0.480 e. The lowest BCUT2D eigenvalue weighted by Crippen LogP contribution is -2.41. The summed E-state index contributed by atoms with van der Waals surface area (Å²) in [4.78, 5) is 24.1. The predicted octanol–water partition coefficient (Wildman–Crippen LogP) is 0.945. The second-order valence-corrected chi connectivity index (χ2v) is 5.54. The molecule has 0 aromatic heterocycles. The molecule has 0 heterocycles. The number of carboxylic acids is 1. The summed E-state index contributed by atoms with van der Waals surface area (Å²) in [5.74, 6) is 0.211. The molecule has 0 aliphatic heterocycles. The van der Waals surface area contributed by atoms with Crippen molar-refractivity contribution in [3.8, 4) is 0 Å². The highest BCUT2D eigenvalue weighted by molar-refractivity contribution is 5.79. The largest absolute Gasteiger partial charge is 0.480 e. The smallest absolute Gasteiger partial charge is 0.317 e. The number of hydrogen-bond donors (Lipinski definition) is 2. The molecule has 0 atom stereocenters. The maximum Gasteiger partial charge on any atom is 0.317 e. The van der Waals surface area contributed by atoms with E-state index < -0.39 is 5.97 Å². The zero-order chi connectivity index (χ0) is 13.5. The molecule has 0 bridgehead atoms. The Balaban J connectivity index is 2.24. The molecule has 0 aromatic carbocycles. The average Bonchev–Trinajstić information content (AvgIpc) is 2.99. The Bertz CT molecular complexity index is 288. The quantitative estimate of drug-likeness (QED) is 0.644. The Labute approximate surface area is 109 Å². The van der Waals surface area contributed by atoms with Gasteiger partial charge in [-0.3, -0.25) is 14.5 Å². The monoisotopic (exact) mass is 256 g/mol. The number of rotatable bonds is 9. The van der Waals surface area contributed by atoms with E-state index in [0.717, 1.165) is 25.8 Å². The Kier molecular flexibility index (Phi) is 6.12. The highest BCUT2D eigenvalue weighted by Gasteiger charge is 2.26. The van der Waals surface area contributed by atoms with E-state index in [1.165, 1.54) is 0 Å². The average molecular weight is 256 g/mol. The van der Waals surface area contributed by atoms with E-state index >= 15 is 0 Å². The number of nitrogens with zero attached hydrogens (tertiary/aromatic N) is 1. The molecule has 18 heavy (non-hydrogen) atoms. The van der Waals surface area contributed by atoms with Crippen LogP contribution < -0.4 is 5.32 Å². The fourth-order valence-corrected chi connectivity index (χ4v) is 1.80. The van der Waals surface area contributed by atoms with E-state index in [-0.39, 0.29) is 19.0 Å². The van der Waals surface area contributed by atoms with Gasteiger partial charge >= 0.3 is 5.97 Å². The summed E-state index contributed by atoms with van der Waals surface area (Å²) in [6, 6.07) is 0. The summed E-state index contributed by atoms with van der Waals surface area (Å²) in [7, 11) is 0. The van der Waals surface area contributed by atoms with E-state index in [2.05, 4.69) is 19.2 Å². The van der Waals surface area contributed by atoms with E-state index in [1.807, 2.05) is 0 Å². The van der Waals surface area contributed by atoms with Gasteiger partial charge in [0, 0.05) is 13.1 Å². The molecule has 0 radical (unpaired) electrons. The predicted molar refractivity (Wildman–Crippen MR) is 69.3 cm³/mol. The van der Waals surface area contributed by atoms with Crippen molar-refractivity contribution in [2.45, 2.75) is 33.1 Å². The van der Waals surface area contributed by atoms with Crippen molar-refractivity contribution in [2.24, 2.45) is 11.8 Å². The molecule has 5 nitrogen and oxygen atoms in total. The van der Waals surface area contributed by atoms with Crippen LogP contribution in [0.2, 0.25) is 0 Å². The summed E-state index contributed by atoms with van der Waals surface area (Å²) in [5, 5.41) is 11.6. The molecule has 0 aromatic rings. The third-order valence-electron chi connectivity index (χ3n) is 2.98. The first kappa shape index (κ1) is 15.0. The normalized spacial score (nSPS) is 15.1. The Morgan fingerprint density at radius 2 is 2.00 bits per heavy atom. The summed E-state index contributed by atoms with van der Waals surface area (Å²) < 4.78 is 0. The van der Waals surface area contributed by atoms with Crippen LogP contribution in [0, 0.1) is 11.8 Å². The number of carboxylic acid groups (broad SMARTS) is 1. The standard InChI is InChI=1S/C13H24N2O3/c1-10(2)5-6-14-12(16)8-15(9-13(17)18)7-11-3-4-11/h10-11H,3-9H2,1-2H3,(H,14,16)(H,17,18). The third kappa shape index (κ3) is 7.27. The van der Waals surface area contributed by atoms with Gasteiger partial charge in [-0.15, -0.1) is 0 Å². The number of hydrogen-bond acceptors (Lipinski definition) is 3. The number of aliphatic carboxylic acids is 1. The molecule has 1 aliphatic carbocycles. The minimum absolute atomic E-state index is 0.0475. The second-order valence-electron chi connectivity index (χ2n) is 5.54. The van der Waals surface area contributed by atoms with Crippen molar-refractivity contribution in [1.29, 1.82) is 0 Å². The summed E-state index contributed by atoms with van der Waals surface area (Å²) >= 11 is 0. The minimum atomic E-state index is -0.870. The molecule has 5 heteroatoms. The molecule has 104 valence electrons. The summed E-state index contributed by atoms with van der Waals surface area (Å²) in [5.41, 5.74) is 0. The molecule has 1 amide bonds. The molecule has 1 aliphatic rings. The first-order valence-corrected chi connectivity index (χ1v) is 6.68. The van der Waals surface area contributed by atoms with Gasteiger partial charge in [-0.05, 0) is 31.1 Å². The van der Waals surface area contributed by atoms with Gasteiger partial charge in [0.25, 0.3) is 0 Å². The van der Waals surface area contributed by atoms with E-state index in [9.17, 15) is 9.59 Å². The second kappa shape index (κ2) is 7.36. The number of amides is 1. The number of carbonyl (C=O) groups is 2. The van der Waals surface area contributed by atoms with Gasteiger partial charge in [-0.1, -0.05) is 13.8 Å². The van der Waals surface area contributed by atoms with Crippen LogP contribution >= 0.6 is 0 Å². The van der Waals surface area contributed by atoms with Crippen molar-refractivity contribution >= 4 is 11.9 Å². The van der Waals surface area contributed by atoms with Gasteiger partial charge in [0.05, 0.1) is 13.1 Å². The molecular weight excluding hydrogens is 232 g/mol. The zero-order valence-corrected chi connectivity index (χ0v) is 11.3. The van der Waals surface area contributed by atoms with Crippen LogP contribution in [0.25, 0.3) is 0 Å². The molecule has 2 N–H and O–H groups in total. The van der Waals surface area contributed by atoms with Gasteiger partial charge in [-0.25, -0.2) is 0 Å². The van der Waals surface area contributed by atoms with Crippen molar-refractivity contribution in [1.82, 2.24) is 10.2 Å². The molecular formula is C13H24N2O3. The fourth-order valence-electron chi connectivity index (χ4n) is 1.80. The molecule has 0 unspecified atom stereocenters. The zero-order valence-electron chi connectivity index (χ0n) is 11.3. The topological polar surface area (TPSA) is 69.6 Å². The van der Waals surface area contributed by atoms with Crippen LogP contribution in [0.15, 0.2) is 0 Å². The lowest BCUT2D eigenvalue weighted by molar-refractivity contribution is -0.138. The molecule has 1 fully saturated rings. The van der Waals surface area contributed by atoms with Crippen LogP contribution in [-0.4, -0.2) is 48.1 Å². The van der Waals surface area contributed by atoms with Crippen LogP contribution in [0.4, 0.5) is 0 Å². The first-order valence-electron chi connectivity index (χ1n) is 6.68. The van der Waals surface area contributed by atoms with Crippen molar-refractivity contribution in [3.05, 3.63) is 0 Å². The van der Waals surface area contributed by atoms with E-state index in [1.54, 1.807) is 4.90 Å². The third-order valence-corrected chi connectivity index (χ3v) is 2.98. The lowest BCUT2D eigenvalue weighted by atomic mass is 10.1. The Morgan fingerprint density at radius 3 is 2.50 bits per heavy atom. The van der Waals surface area contributed by atoms with Gasteiger partial charge in [0.2, 0.25) is 5.91 Å². The highest BCUT2D eigenvalue weighted by atomic mass is 16.4. The van der Waals surface area contributed by atoms with Crippen LogP contribution in [0.5, 0.6) is 0 Å². The Hall–Kier alpha value is -1.10.